The van der Waals surface area contributed by atoms with Crippen molar-refractivity contribution in [1.82, 2.24) is 19.8 Å². The first kappa shape index (κ1) is 17.2. The van der Waals surface area contributed by atoms with E-state index in [4.69, 9.17) is 16.3 Å². The van der Waals surface area contributed by atoms with Crippen LogP contribution in [0.15, 0.2) is 25.0 Å². The summed E-state index contributed by atoms with van der Waals surface area (Å²) < 4.78 is 5.96. The van der Waals surface area contributed by atoms with Gasteiger partial charge in [-0.2, -0.15) is 0 Å². The maximum atomic E-state index is 5.96. The van der Waals surface area contributed by atoms with E-state index in [9.17, 15) is 0 Å². The van der Waals surface area contributed by atoms with Crippen molar-refractivity contribution < 1.29 is 4.74 Å². The van der Waals surface area contributed by atoms with Crippen LogP contribution in [0.5, 0.6) is 6.01 Å². The molecule has 1 aromatic heterocycles. The molecule has 1 atom stereocenters. The largest absolute Gasteiger partial charge is 0.459 e. The molecular weight excluding hydrogens is 300 g/mol. The fourth-order valence-electron chi connectivity index (χ4n) is 2.57. The van der Waals surface area contributed by atoms with Gasteiger partial charge in [-0.15, -0.1) is 6.58 Å². The van der Waals surface area contributed by atoms with Gasteiger partial charge in [0.25, 0.3) is 0 Å². The van der Waals surface area contributed by atoms with E-state index in [1.54, 1.807) is 12.4 Å². The third-order valence-electron chi connectivity index (χ3n) is 3.84. The first-order valence-electron chi connectivity index (χ1n) is 7.83. The average Bonchev–Trinajstić information content (AvgIpc) is 2.72. The highest BCUT2D eigenvalue weighted by molar-refractivity contribution is 6.30. The minimum absolute atomic E-state index is 0.0718. The van der Waals surface area contributed by atoms with E-state index in [0.717, 1.165) is 45.6 Å². The van der Waals surface area contributed by atoms with Gasteiger partial charge in [-0.25, -0.2) is 9.97 Å². The van der Waals surface area contributed by atoms with Gasteiger partial charge in [0, 0.05) is 19.6 Å². The Kier molecular flexibility index (Phi) is 7.09. The van der Waals surface area contributed by atoms with Crippen LogP contribution in [0.4, 0.5) is 0 Å². The summed E-state index contributed by atoms with van der Waals surface area (Å²) in [7, 11) is 2.18. The molecular formula is C16H25ClN4O. The van der Waals surface area contributed by atoms with Crippen molar-refractivity contribution in [3.8, 4) is 6.01 Å². The summed E-state index contributed by atoms with van der Waals surface area (Å²) in [5.41, 5.74) is 0. The number of rotatable bonds is 7. The Hall–Kier alpha value is -1.17. The van der Waals surface area contributed by atoms with Crippen molar-refractivity contribution >= 4 is 11.6 Å². The van der Waals surface area contributed by atoms with Crippen LogP contribution in [0.1, 0.15) is 19.3 Å². The van der Waals surface area contributed by atoms with E-state index in [-0.39, 0.29) is 6.10 Å². The lowest BCUT2D eigenvalue weighted by atomic mass is 10.2. The number of hydrogen-bond acceptors (Lipinski definition) is 5. The van der Waals surface area contributed by atoms with Crippen LogP contribution in [0.2, 0.25) is 5.02 Å². The van der Waals surface area contributed by atoms with E-state index >= 15 is 0 Å². The van der Waals surface area contributed by atoms with Crippen molar-refractivity contribution in [2.75, 3.05) is 39.8 Å². The molecule has 0 radical (unpaired) electrons. The molecule has 2 heterocycles. The zero-order chi connectivity index (χ0) is 15.8. The lowest BCUT2D eigenvalue weighted by Gasteiger charge is -2.26. The quantitative estimate of drug-likeness (QED) is 0.721. The van der Waals surface area contributed by atoms with Crippen LogP contribution in [-0.4, -0.2) is 65.6 Å². The third kappa shape index (κ3) is 5.91. The molecule has 0 saturated carbocycles. The Morgan fingerprint density at radius 2 is 2.09 bits per heavy atom. The molecule has 1 fully saturated rings. The molecule has 0 bridgehead atoms. The number of aromatic nitrogens is 2. The Bertz CT molecular complexity index is 454. The zero-order valence-electron chi connectivity index (χ0n) is 13.2. The van der Waals surface area contributed by atoms with Crippen LogP contribution in [-0.2, 0) is 0 Å². The molecule has 122 valence electrons. The van der Waals surface area contributed by atoms with Gasteiger partial charge in [-0.05, 0) is 39.4 Å². The zero-order valence-corrected chi connectivity index (χ0v) is 14.0. The molecule has 2 rings (SSSR count). The number of hydrogen-bond donors (Lipinski definition) is 0. The maximum Gasteiger partial charge on any atom is 0.316 e. The first-order chi connectivity index (χ1) is 10.7. The maximum absolute atomic E-state index is 5.96. The summed E-state index contributed by atoms with van der Waals surface area (Å²) in [6.45, 7) is 9.15. The van der Waals surface area contributed by atoms with Gasteiger partial charge in [0.05, 0.1) is 17.4 Å². The first-order valence-corrected chi connectivity index (χ1v) is 8.21. The van der Waals surface area contributed by atoms with Gasteiger partial charge in [0.1, 0.15) is 6.10 Å². The minimum Gasteiger partial charge on any atom is -0.459 e. The highest BCUT2D eigenvalue weighted by Crippen LogP contribution is 2.13. The molecule has 1 aliphatic rings. The summed E-state index contributed by atoms with van der Waals surface area (Å²) in [6, 6.07) is 0.394. The van der Waals surface area contributed by atoms with E-state index in [0.29, 0.717) is 11.0 Å². The standard InChI is InChI=1S/C16H25ClN4O/c1-3-4-6-15(22-16-18-11-14(17)12-19-16)13-21-8-5-7-20(2)9-10-21/h3,11-12,15H,1,4-10,13H2,2H3/t15-/m0/s1. The van der Waals surface area contributed by atoms with E-state index < -0.39 is 0 Å². The number of halogens is 1. The van der Waals surface area contributed by atoms with Crippen LogP contribution < -0.4 is 4.74 Å². The predicted octanol–water partition coefficient (Wildman–Crippen LogP) is 2.48. The monoisotopic (exact) mass is 324 g/mol. The normalized spacial score (nSPS) is 18.6. The Labute approximate surface area is 137 Å². The summed E-state index contributed by atoms with van der Waals surface area (Å²) >= 11 is 5.81. The van der Waals surface area contributed by atoms with Crippen LogP contribution >= 0.6 is 11.6 Å². The summed E-state index contributed by atoms with van der Waals surface area (Å²) in [6.07, 6.45) is 8.17. The molecule has 1 aliphatic heterocycles. The Morgan fingerprint density at radius 1 is 1.32 bits per heavy atom. The molecule has 0 spiro atoms. The van der Waals surface area contributed by atoms with Crippen molar-refractivity contribution in [1.29, 1.82) is 0 Å². The second-order valence-electron chi connectivity index (χ2n) is 5.75. The lowest BCUT2D eigenvalue weighted by Crippen LogP contribution is -2.38. The minimum atomic E-state index is 0.0718. The summed E-state index contributed by atoms with van der Waals surface area (Å²) in [5.74, 6) is 0. The molecule has 0 unspecified atom stereocenters. The summed E-state index contributed by atoms with van der Waals surface area (Å²) in [5, 5.41) is 0.519. The average molecular weight is 325 g/mol. The highest BCUT2D eigenvalue weighted by atomic mass is 35.5. The highest BCUT2D eigenvalue weighted by Gasteiger charge is 2.19. The van der Waals surface area contributed by atoms with Gasteiger partial charge in [0.15, 0.2) is 0 Å². The molecule has 0 N–H and O–H groups in total. The smallest absolute Gasteiger partial charge is 0.316 e. The molecule has 1 aromatic rings. The van der Waals surface area contributed by atoms with Gasteiger partial charge < -0.3 is 9.64 Å². The van der Waals surface area contributed by atoms with Gasteiger partial charge >= 0.3 is 6.01 Å². The number of nitrogens with zero attached hydrogens (tertiary/aromatic N) is 4. The van der Waals surface area contributed by atoms with Gasteiger partial charge in [0.2, 0.25) is 0 Å². The number of allylic oxidation sites excluding steroid dienone is 1. The number of ether oxygens (including phenoxy) is 1. The molecule has 0 aromatic carbocycles. The van der Waals surface area contributed by atoms with E-state index in [1.807, 2.05) is 6.08 Å². The van der Waals surface area contributed by atoms with E-state index in [1.165, 1.54) is 6.42 Å². The fourth-order valence-corrected chi connectivity index (χ4v) is 2.67. The molecule has 0 amide bonds. The molecule has 22 heavy (non-hydrogen) atoms. The van der Waals surface area contributed by atoms with Crippen LogP contribution in [0.25, 0.3) is 0 Å². The Morgan fingerprint density at radius 3 is 2.82 bits per heavy atom. The van der Waals surface area contributed by atoms with Crippen molar-refractivity contribution in [3.63, 3.8) is 0 Å². The second kappa shape index (κ2) is 9.08. The molecule has 5 nitrogen and oxygen atoms in total. The lowest BCUT2D eigenvalue weighted by molar-refractivity contribution is 0.118. The number of likely N-dealkylation sites (N-methyl/N-ethyl adjacent to an activating group) is 1. The van der Waals surface area contributed by atoms with Crippen molar-refractivity contribution in [3.05, 3.63) is 30.1 Å². The van der Waals surface area contributed by atoms with Gasteiger partial charge in [-0.3, -0.25) is 4.90 Å². The van der Waals surface area contributed by atoms with Crippen molar-refractivity contribution in [2.45, 2.75) is 25.4 Å². The molecule has 6 heteroatoms. The SMILES string of the molecule is C=CCC[C@@H](CN1CCCN(C)CC1)Oc1ncc(Cl)cn1. The fraction of sp³-hybridized carbons (Fsp3) is 0.625. The predicted molar refractivity (Wildman–Crippen MR) is 89.4 cm³/mol. The molecule has 0 aliphatic carbocycles. The Balaban J connectivity index is 1.92. The topological polar surface area (TPSA) is 41.5 Å². The molecule has 1 saturated heterocycles. The van der Waals surface area contributed by atoms with E-state index in [2.05, 4.69) is 33.4 Å². The summed E-state index contributed by atoms with van der Waals surface area (Å²) in [4.78, 5) is 13.1. The third-order valence-corrected chi connectivity index (χ3v) is 4.03. The van der Waals surface area contributed by atoms with Gasteiger partial charge in [-0.1, -0.05) is 17.7 Å². The van der Waals surface area contributed by atoms with Crippen LogP contribution in [0.3, 0.4) is 0 Å². The van der Waals surface area contributed by atoms with Crippen molar-refractivity contribution in [2.24, 2.45) is 0 Å². The second-order valence-corrected chi connectivity index (χ2v) is 6.18. The van der Waals surface area contributed by atoms with Crippen LogP contribution in [0, 0.1) is 0 Å².